The van der Waals surface area contributed by atoms with Gasteiger partial charge in [-0.1, -0.05) is 12.1 Å². The number of carbonyl (C=O) groups is 1. The second kappa shape index (κ2) is 11.3. The molecule has 0 bridgehead atoms. The van der Waals surface area contributed by atoms with Crippen molar-refractivity contribution in [3.05, 3.63) is 24.3 Å². The zero-order valence-electron chi connectivity index (χ0n) is 13.7. The number of ether oxygens (including phenoxy) is 2. The highest BCUT2D eigenvalue weighted by Crippen LogP contribution is 2.24. The van der Waals surface area contributed by atoms with Crippen molar-refractivity contribution in [1.29, 1.82) is 0 Å². The number of halogens is 1. The van der Waals surface area contributed by atoms with Crippen molar-refractivity contribution in [2.45, 2.75) is 25.7 Å². The largest absolute Gasteiger partial charge is 0.489 e. The molecule has 23 heavy (non-hydrogen) atoms. The summed E-state index contributed by atoms with van der Waals surface area (Å²) in [7, 11) is 1.64. The van der Waals surface area contributed by atoms with E-state index in [0.29, 0.717) is 31.3 Å². The summed E-state index contributed by atoms with van der Waals surface area (Å²) in [5.74, 6) is 1.41. The third-order valence-electron chi connectivity index (χ3n) is 3.94. The number of anilines is 1. The fourth-order valence-corrected chi connectivity index (χ4v) is 2.65. The molecule has 0 saturated carbocycles. The van der Waals surface area contributed by atoms with E-state index in [0.717, 1.165) is 25.2 Å². The number of hydrogen-bond donors (Lipinski definition) is 2. The molecule has 1 saturated heterocycles. The Morgan fingerprint density at radius 2 is 2.00 bits per heavy atom. The average Bonchev–Trinajstić information content (AvgIpc) is 2.56. The van der Waals surface area contributed by atoms with Gasteiger partial charge in [-0.2, -0.15) is 0 Å². The normalized spacial score (nSPS) is 14.8. The van der Waals surface area contributed by atoms with Crippen LogP contribution in [0.15, 0.2) is 24.3 Å². The average molecular weight is 343 g/mol. The van der Waals surface area contributed by atoms with Crippen LogP contribution in [0.3, 0.4) is 0 Å². The Morgan fingerprint density at radius 1 is 1.26 bits per heavy atom. The van der Waals surface area contributed by atoms with Gasteiger partial charge in [0.1, 0.15) is 12.4 Å². The SMILES string of the molecule is COCCOc1ccccc1NC(=O)CCC1CCNCC1.Cl. The molecule has 1 aromatic rings. The molecule has 0 atom stereocenters. The van der Waals surface area contributed by atoms with Crippen LogP contribution in [-0.2, 0) is 9.53 Å². The first-order valence-electron chi connectivity index (χ1n) is 8.01. The Hall–Kier alpha value is -1.30. The van der Waals surface area contributed by atoms with Crippen molar-refractivity contribution in [2.75, 3.05) is 38.7 Å². The van der Waals surface area contributed by atoms with Crippen molar-refractivity contribution in [2.24, 2.45) is 5.92 Å². The molecule has 2 N–H and O–H groups in total. The summed E-state index contributed by atoms with van der Waals surface area (Å²) in [5, 5.41) is 6.30. The van der Waals surface area contributed by atoms with E-state index >= 15 is 0 Å². The highest BCUT2D eigenvalue weighted by atomic mass is 35.5. The van der Waals surface area contributed by atoms with E-state index in [1.54, 1.807) is 7.11 Å². The van der Waals surface area contributed by atoms with Gasteiger partial charge in [-0.15, -0.1) is 12.4 Å². The van der Waals surface area contributed by atoms with Crippen molar-refractivity contribution in [1.82, 2.24) is 5.32 Å². The Kier molecular flexibility index (Phi) is 9.67. The molecule has 0 spiro atoms. The van der Waals surface area contributed by atoms with Crippen LogP contribution in [0.25, 0.3) is 0 Å². The number of piperidine rings is 1. The van der Waals surface area contributed by atoms with Crippen molar-refractivity contribution < 1.29 is 14.3 Å². The van der Waals surface area contributed by atoms with Crippen molar-refractivity contribution in [3.8, 4) is 5.75 Å². The number of carbonyl (C=O) groups excluding carboxylic acids is 1. The summed E-state index contributed by atoms with van der Waals surface area (Å²) in [4.78, 5) is 12.1. The maximum absolute atomic E-state index is 12.1. The summed E-state index contributed by atoms with van der Waals surface area (Å²) in [5.41, 5.74) is 0.730. The third kappa shape index (κ3) is 7.20. The van der Waals surface area contributed by atoms with Gasteiger partial charge in [0.15, 0.2) is 0 Å². The molecule has 0 aromatic heterocycles. The van der Waals surface area contributed by atoms with Crippen molar-refractivity contribution >= 4 is 24.0 Å². The van der Waals surface area contributed by atoms with Crippen LogP contribution < -0.4 is 15.4 Å². The Balaban J connectivity index is 0.00000264. The Bertz CT molecular complexity index is 465. The molecule has 1 fully saturated rings. The summed E-state index contributed by atoms with van der Waals surface area (Å²) in [6, 6.07) is 7.51. The van der Waals surface area contributed by atoms with E-state index in [9.17, 15) is 4.79 Å². The lowest BCUT2D eigenvalue weighted by Crippen LogP contribution is -2.28. The molecule has 5 nitrogen and oxygen atoms in total. The molecule has 1 aromatic carbocycles. The quantitative estimate of drug-likeness (QED) is 0.713. The van der Waals surface area contributed by atoms with Gasteiger partial charge in [0.25, 0.3) is 0 Å². The van der Waals surface area contributed by atoms with Gasteiger partial charge in [0.2, 0.25) is 5.91 Å². The van der Waals surface area contributed by atoms with Gasteiger partial charge in [-0.3, -0.25) is 4.79 Å². The highest BCUT2D eigenvalue weighted by Gasteiger charge is 2.15. The Labute approximate surface area is 144 Å². The minimum absolute atomic E-state index is 0. The maximum Gasteiger partial charge on any atom is 0.224 e. The third-order valence-corrected chi connectivity index (χ3v) is 3.94. The van der Waals surface area contributed by atoms with Crippen LogP contribution in [-0.4, -0.2) is 39.3 Å². The summed E-state index contributed by atoms with van der Waals surface area (Å²) < 4.78 is 10.6. The number of methoxy groups -OCH3 is 1. The van der Waals surface area contributed by atoms with Crippen LogP contribution in [0.4, 0.5) is 5.69 Å². The van der Waals surface area contributed by atoms with Gasteiger partial charge in [-0.25, -0.2) is 0 Å². The molecule has 1 aliphatic heterocycles. The fraction of sp³-hybridized carbons (Fsp3) is 0.588. The van der Waals surface area contributed by atoms with Gasteiger partial charge < -0.3 is 20.1 Å². The predicted octanol–water partition coefficient (Wildman–Crippen LogP) is 2.85. The van der Waals surface area contributed by atoms with Crippen LogP contribution in [0.1, 0.15) is 25.7 Å². The lowest BCUT2D eigenvalue weighted by atomic mass is 9.93. The fourth-order valence-electron chi connectivity index (χ4n) is 2.65. The van der Waals surface area contributed by atoms with E-state index in [2.05, 4.69) is 10.6 Å². The summed E-state index contributed by atoms with van der Waals surface area (Å²) >= 11 is 0. The zero-order valence-corrected chi connectivity index (χ0v) is 14.5. The van der Waals surface area contributed by atoms with Crippen LogP contribution in [0.5, 0.6) is 5.75 Å². The first kappa shape index (κ1) is 19.7. The number of nitrogens with one attached hydrogen (secondary N) is 2. The van der Waals surface area contributed by atoms with Gasteiger partial charge in [0.05, 0.1) is 12.3 Å². The molecule has 1 heterocycles. The molecular weight excluding hydrogens is 316 g/mol. The maximum atomic E-state index is 12.1. The second-order valence-electron chi connectivity index (χ2n) is 5.62. The number of benzene rings is 1. The minimum Gasteiger partial charge on any atom is -0.489 e. The number of para-hydroxylation sites is 2. The van der Waals surface area contributed by atoms with Crippen LogP contribution in [0, 0.1) is 5.92 Å². The lowest BCUT2D eigenvalue weighted by Gasteiger charge is -2.22. The number of amides is 1. The predicted molar refractivity (Wildman–Crippen MR) is 94.5 cm³/mol. The topological polar surface area (TPSA) is 59.6 Å². The van der Waals surface area contributed by atoms with Gasteiger partial charge in [0, 0.05) is 13.5 Å². The molecular formula is C17H27ClN2O3. The number of hydrogen-bond acceptors (Lipinski definition) is 4. The summed E-state index contributed by atoms with van der Waals surface area (Å²) in [6.45, 7) is 3.14. The van der Waals surface area contributed by atoms with Crippen LogP contribution in [0.2, 0.25) is 0 Å². The molecule has 1 amide bonds. The minimum atomic E-state index is 0. The molecule has 2 rings (SSSR count). The van der Waals surface area contributed by atoms with E-state index < -0.39 is 0 Å². The first-order chi connectivity index (χ1) is 10.8. The highest BCUT2D eigenvalue weighted by molar-refractivity contribution is 5.92. The first-order valence-corrected chi connectivity index (χ1v) is 8.01. The van der Waals surface area contributed by atoms with E-state index in [4.69, 9.17) is 9.47 Å². The molecule has 0 radical (unpaired) electrons. The molecule has 0 aliphatic carbocycles. The van der Waals surface area contributed by atoms with E-state index in [-0.39, 0.29) is 18.3 Å². The zero-order chi connectivity index (χ0) is 15.6. The number of rotatable bonds is 8. The molecule has 0 unspecified atom stereocenters. The summed E-state index contributed by atoms with van der Waals surface area (Å²) in [6.07, 6.45) is 3.87. The smallest absolute Gasteiger partial charge is 0.224 e. The van der Waals surface area contributed by atoms with Gasteiger partial charge >= 0.3 is 0 Å². The standard InChI is InChI=1S/C17H26N2O3.ClH/c1-21-12-13-22-16-5-3-2-4-15(16)19-17(20)7-6-14-8-10-18-11-9-14;/h2-5,14,18H,6-13H2,1H3,(H,19,20);1H. The molecule has 1 aliphatic rings. The Morgan fingerprint density at radius 3 is 2.74 bits per heavy atom. The van der Waals surface area contributed by atoms with Crippen molar-refractivity contribution in [3.63, 3.8) is 0 Å². The van der Waals surface area contributed by atoms with E-state index in [1.165, 1.54) is 12.8 Å². The molecule has 6 heteroatoms. The lowest BCUT2D eigenvalue weighted by molar-refractivity contribution is -0.116. The second-order valence-corrected chi connectivity index (χ2v) is 5.62. The van der Waals surface area contributed by atoms with Crippen LogP contribution >= 0.6 is 12.4 Å². The van der Waals surface area contributed by atoms with E-state index in [1.807, 2.05) is 24.3 Å². The van der Waals surface area contributed by atoms with Gasteiger partial charge in [-0.05, 0) is 50.4 Å². The monoisotopic (exact) mass is 342 g/mol. The molecule has 130 valence electrons.